The van der Waals surface area contributed by atoms with Crippen molar-refractivity contribution in [1.82, 2.24) is 0 Å². The first-order valence-electron chi connectivity index (χ1n) is 9.47. The van der Waals surface area contributed by atoms with Crippen LogP contribution in [0.2, 0.25) is 0 Å². The minimum atomic E-state index is -4.58. The Hall–Kier alpha value is -1.76. The van der Waals surface area contributed by atoms with Crippen LogP contribution in [-0.4, -0.2) is 24.7 Å². The number of amides is 1. The van der Waals surface area contributed by atoms with Gasteiger partial charge in [0.05, 0.1) is 12.2 Å². The van der Waals surface area contributed by atoms with Crippen LogP contribution in [0, 0.1) is 0 Å². The number of hydrogen-bond donors (Lipinski definition) is 1. The Balaban J connectivity index is 3.03. The maximum atomic E-state index is 13.3. The van der Waals surface area contributed by atoms with Crippen LogP contribution in [0.25, 0.3) is 0 Å². The van der Waals surface area contributed by atoms with Gasteiger partial charge in [0.1, 0.15) is 11.4 Å². The van der Waals surface area contributed by atoms with E-state index in [9.17, 15) is 18.0 Å². The SMILES string of the molecule is CCCCC[C@](C)(OCCC)C(=O)Nc1ccc(OCC)c(C(F)(F)F)c1. The number of anilines is 1. The number of halogens is 3. The number of benzene rings is 1. The average molecular weight is 389 g/mol. The number of ether oxygens (including phenoxy) is 2. The van der Waals surface area contributed by atoms with Gasteiger partial charge in [-0.2, -0.15) is 13.2 Å². The summed E-state index contributed by atoms with van der Waals surface area (Å²) >= 11 is 0. The van der Waals surface area contributed by atoms with E-state index in [4.69, 9.17) is 9.47 Å². The Morgan fingerprint density at radius 3 is 2.37 bits per heavy atom. The molecule has 1 amide bonds. The van der Waals surface area contributed by atoms with E-state index in [-0.39, 0.29) is 18.0 Å². The Morgan fingerprint density at radius 1 is 1.11 bits per heavy atom. The van der Waals surface area contributed by atoms with Crippen molar-refractivity contribution < 1.29 is 27.4 Å². The fraction of sp³-hybridized carbons (Fsp3) is 0.650. The summed E-state index contributed by atoms with van der Waals surface area (Å²) in [5.74, 6) is -0.694. The minimum Gasteiger partial charge on any atom is -0.493 e. The molecule has 1 aromatic carbocycles. The highest BCUT2D eigenvalue weighted by Gasteiger charge is 2.36. The van der Waals surface area contributed by atoms with Gasteiger partial charge >= 0.3 is 6.18 Å². The molecule has 0 aliphatic carbocycles. The summed E-state index contributed by atoms with van der Waals surface area (Å²) < 4.78 is 50.6. The monoisotopic (exact) mass is 389 g/mol. The predicted octanol–water partition coefficient (Wildman–Crippen LogP) is 5.81. The lowest BCUT2D eigenvalue weighted by Gasteiger charge is -2.29. The summed E-state index contributed by atoms with van der Waals surface area (Å²) in [7, 11) is 0. The topological polar surface area (TPSA) is 47.6 Å². The van der Waals surface area contributed by atoms with Crippen molar-refractivity contribution >= 4 is 11.6 Å². The zero-order valence-electron chi connectivity index (χ0n) is 16.5. The number of unbranched alkanes of at least 4 members (excludes halogenated alkanes) is 2. The second-order valence-electron chi connectivity index (χ2n) is 6.63. The van der Waals surface area contributed by atoms with Gasteiger partial charge in [-0.25, -0.2) is 0 Å². The molecule has 0 unspecified atom stereocenters. The standard InChI is InChI=1S/C20H30F3NO3/c1-5-8-9-12-19(4,27-13-6-2)18(25)24-15-10-11-17(26-7-3)16(14-15)20(21,22)23/h10-11,14H,5-9,12-13H2,1-4H3,(H,24,25)/t19-/m0/s1. The number of alkyl halides is 3. The third kappa shape index (κ3) is 7.05. The van der Waals surface area contributed by atoms with Crippen LogP contribution in [0.3, 0.4) is 0 Å². The minimum absolute atomic E-state index is 0.0672. The van der Waals surface area contributed by atoms with Crippen LogP contribution in [-0.2, 0) is 15.7 Å². The first-order valence-corrected chi connectivity index (χ1v) is 9.47. The van der Waals surface area contributed by atoms with Crippen LogP contribution < -0.4 is 10.1 Å². The van der Waals surface area contributed by atoms with Crippen molar-refractivity contribution in [3.05, 3.63) is 23.8 Å². The van der Waals surface area contributed by atoms with Crippen molar-refractivity contribution in [3.63, 3.8) is 0 Å². The summed E-state index contributed by atoms with van der Waals surface area (Å²) in [6.07, 6.45) is -0.553. The van der Waals surface area contributed by atoms with Gasteiger partial charge in [0.15, 0.2) is 0 Å². The first kappa shape index (κ1) is 23.3. The molecule has 1 N–H and O–H groups in total. The van der Waals surface area contributed by atoms with Gasteiger partial charge in [0.2, 0.25) is 0 Å². The van der Waals surface area contributed by atoms with Gasteiger partial charge < -0.3 is 14.8 Å². The normalized spacial score (nSPS) is 13.9. The fourth-order valence-electron chi connectivity index (χ4n) is 2.66. The molecule has 0 heterocycles. The van der Waals surface area contributed by atoms with E-state index in [1.807, 2.05) is 6.92 Å². The van der Waals surface area contributed by atoms with Crippen LogP contribution in [0.4, 0.5) is 18.9 Å². The molecule has 7 heteroatoms. The number of rotatable bonds is 11. The van der Waals surface area contributed by atoms with Gasteiger partial charge in [-0.1, -0.05) is 33.1 Å². The van der Waals surface area contributed by atoms with E-state index in [2.05, 4.69) is 12.2 Å². The first-order chi connectivity index (χ1) is 12.7. The molecule has 27 heavy (non-hydrogen) atoms. The van der Waals surface area contributed by atoms with E-state index in [1.54, 1.807) is 13.8 Å². The van der Waals surface area contributed by atoms with Crippen LogP contribution >= 0.6 is 0 Å². The maximum Gasteiger partial charge on any atom is 0.420 e. The molecule has 0 aliphatic rings. The fourth-order valence-corrected chi connectivity index (χ4v) is 2.66. The van der Waals surface area contributed by atoms with E-state index < -0.39 is 23.2 Å². The quantitative estimate of drug-likeness (QED) is 0.486. The van der Waals surface area contributed by atoms with E-state index >= 15 is 0 Å². The smallest absolute Gasteiger partial charge is 0.420 e. The molecule has 0 saturated heterocycles. The highest BCUT2D eigenvalue weighted by Crippen LogP contribution is 2.38. The summed E-state index contributed by atoms with van der Waals surface area (Å²) in [6.45, 7) is 7.83. The third-order valence-electron chi connectivity index (χ3n) is 4.21. The molecule has 0 bridgehead atoms. The second-order valence-corrected chi connectivity index (χ2v) is 6.63. The van der Waals surface area contributed by atoms with Crippen LogP contribution in [0.5, 0.6) is 5.75 Å². The number of nitrogens with one attached hydrogen (secondary N) is 1. The molecule has 4 nitrogen and oxygen atoms in total. The summed E-state index contributed by atoms with van der Waals surface area (Å²) in [4.78, 5) is 12.8. The molecule has 0 fully saturated rings. The lowest BCUT2D eigenvalue weighted by molar-refractivity contribution is -0.141. The summed E-state index contributed by atoms with van der Waals surface area (Å²) in [5, 5.41) is 2.58. The maximum absolute atomic E-state index is 13.3. The zero-order valence-corrected chi connectivity index (χ0v) is 16.5. The Bertz CT molecular complexity index is 605. The van der Waals surface area contributed by atoms with Crippen LogP contribution in [0.1, 0.15) is 65.4 Å². The van der Waals surface area contributed by atoms with E-state index in [0.717, 1.165) is 31.7 Å². The lowest BCUT2D eigenvalue weighted by Crippen LogP contribution is -2.43. The highest BCUT2D eigenvalue weighted by molar-refractivity contribution is 5.97. The molecule has 1 atom stereocenters. The molecule has 0 aromatic heterocycles. The van der Waals surface area contributed by atoms with Crippen molar-refractivity contribution in [2.24, 2.45) is 0 Å². The largest absolute Gasteiger partial charge is 0.493 e. The lowest BCUT2D eigenvalue weighted by atomic mass is 9.96. The third-order valence-corrected chi connectivity index (χ3v) is 4.21. The Labute approximate surface area is 159 Å². The molecule has 1 aromatic rings. The number of hydrogen-bond acceptors (Lipinski definition) is 3. The van der Waals surface area contributed by atoms with Gasteiger partial charge in [-0.15, -0.1) is 0 Å². The van der Waals surface area contributed by atoms with E-state index in [0.29, 0.717) is 13.0 Å². The molecular formula is C20H30F3NO3. The van der Waals surface area contributed by atoms with Crippen molar-refractivity contribution in [1.29, 1.82) is 0 Å². The molecule has 154 valence electrons. The number of carbonyl (C=O) groups excluding carboxylic acids is 1. The Kier molecular flexibility index (Phi) is 9.09. The molecule has 0 spiro atoms. The van der Waals surface area contributed by atoms with Gasteiger partial charge in [-0.05, 0) is 44.9 Å². The number of carbonyl (C=O) groups is 1. The molecule has 0 saturated carbocycles. The van der Waals surface area contributed by atoms with Gasteiger partial charge in [0.25, 0.3) is 5.91 Å². The van der Waals surface area contributed by atoms with Gasteiger partial charge in [0, 0.05) is 12.3 Å². The van der Waals surface area contributed by atoms with Crippen LogP contribution in [0.15, 0.2) is 18.2 Å². The Morgan fingerprint density at radius 2 is 1.81 bits per heavy atom. The molecular weight excluding hydrogens is 359 g/mol. The molecule has 1 rings (SSSR count). The van der Waals surface area contributed by atoms with Gasteiger partial charge in [-0.3, -0.25) is 4.79 Å². The second kappa shape index (κ2) is 10.5. The van der Waals surface area contributed by atoms with Crippen molar-refractivity contribution in [2.75, 3.05) is 18.5 Å². The average Bonchev–Trinajstić information content (AvgIpc) is 2.60. The van der Waals surface area contributed by atoms with Crippen molar-refractivity contribution in [2.45, 2.75) is 71.6 Å². The zero-order chi connectivity index (χ0) is 20.5. The van der Waals surface area contributed by atoms with E-state index in [1.165, 1.54) is 12.1 Å². The summed E-state index contributed by atoms with van der Waals surface area (Å²) in [6, 6.07) is 3.53. The van der Waals surface area contributed by atoms with Crippen molar-refractivity contribution in [3.8, 4) is 5.75 Å². The molecule has 0 aliphatic heterocycles. The predicted molar refractivity (Wildman–Crippen MR) is 100 cm³/mol. The highest BCUT2D eigenvalue weighted by atomic mass is 19.4. The molecule has 0 radical (unpaired) electrons. The summed E-state index contributed by atoms with van der Waals surface area (Å²) in [5.41, 5.74) is -1.93.